The number of rotatable bonds is 7. The summed E-state index contributed by atoms with van der Waals surface area (Å²) >= 11 is 0. The van der Waals surface area contributed by atoms with Gasteiger partial charge in [-0.2, -0.15) is 0 Å². The molecule has 2 heteroatoms. The number of hydrogen-bond donors (Lipinski definition) is 0. The van der Waals surface area contributed by atoms with Crippen LogP contribution in [0.1, 0.15) is 63.9 Å². The van der Waals surface area contributed by atoms with Crippen LogP contribution in [0.5, 0.6) is 0 Å². The average molecular weight is 924 g/mol. The maximum atomic E-state index is 2.72. The van der Waals surface area contributed by atoms with Gasteiger partial charge in [-0.3, -0.25) is 0 Å². The summed E-state index contributed by atoms with van der Waals surface area (Å²) < 4.78 is 2.72. The van der Waals surface area contributed by atoms with Crippen molar-refractivity contribution in [1.29, 1.82) is 0 Å². The summed E-state index contributed by atoms with van der Waals surface area (Å²) in [6.45, 7) is 20.7. The lowest BCUT2D eigenvalue weighted by Crippen LogP contribution is -2.58. The maximum absolute atomic E-state index is 2.72. The molecule has 0 saturated heterocycles. The van der Waals surface area contributed by atoms with Crippen LogP contribution in [0.4, 0.5) is 0 Å². The fourth-order valence-corrected chi connectivity index (χ4v) is 13.4. The van der Waals surface area contributed by atoms with Crippen LogP contribution in [0.25, 0.3) is 94.3 Å². The van der Waals surface area contributed by atoms with Gasteiger partial charge in [0.25, 0.3) is 0 Å². The van der Waals surface area contributed by atoms with Crippen LogP contribution in [0.2, 0.25) is 0 Å². The van der Waals surface area contributed by atoms with Crippen molar-refractivity contribution in [2.75, 3.05) is 0 Å². The third-order valence-electron chi connectivity index (χ3n) is 16.4. The number of hydrogen-bond acceptors (Lipinski definition) is 0. The number of nitrogens with zero attached hydrogens (tertiary/aromatic N) is 1. The van der Waals surface area contributed by atoms with Crippen molar-refractivity contribution < 1.29 is 0 Å². The molecule has 1 aromatic heterocycles. The van der Waals surface area contributed by atoms with Gasteiger partial charge in [0.2, 0.25) is 6.71 Å². The first kappa shape index (κ1) is 44.0. The van der Waals surface area contributed by atoms with Crippen LogP contribution in [0, 0.1) is 48.5 Å². The number of benzene rings is 10. The van der Waals surface area contributed by atoms with E-state index in [9.17, 15) is 0 Å². The standard InChI is InChI=1S/C70H58BN/c1-41-25-27-49(28-26-41)53-37-61-69-63(39-53)71(66-56(50-21-15-11-16-22-50)33-52(48-19-13-10-14-20-48)34-57(66)51-23-17-12-18-24-51)62-40-55(65-46(6)31-43(3)32-47(65)7)36-59-58-35-54(64-44(4)29-42(2)30-45(64)5)38-60(70(61,8)9)67(58)72(69)68(59)62/h10-40H,1-9H3. The molecule has 0 spiro atoms. The van der Waals surface area contributed by atoms with Gasteiger partial charge in [-0.25, -0.2) is 0 Å². The first-order valence-corrected chi connectivity index (χ1v) is 25.8. The Labute approximate surface area is 425 Å². The largest absolute Gasteiger partial charge is 0.310 e. The normalized spacial score (nSPS) is 13.2. The zero-order valence-corrected chi connectivity index (χ0v) is 42.9. The first-order chi connectivity index (χ1) is 34.8. The summed E-state index contributed by atoms with van der Waals surface area (Å²) in [4.78, 5) is 0. The average Bonchev–Trinajstić information content (AvgIpc) is 3.70. The van der Waals surface area contributed by atoms with Crippen molar-refractivity contribution in [3.05, 3.63) is 238 Å². The molecule has 0 N–H and O–H groups in total. The van der Waals surface area contributed by atoms with Crippen LogP contribution >= 0.6 is 0 Å². The minimum atomic E-state index is -0.355. The molecule has 0 amide bonds. The van der Waals surface area contributed by atoms with Gasteiger partial charge in [0.05, 0.1) is 5.52 Å². The van der Waals surface area contributed by atoms with Crippen molar-refractivity contribution in [3.63, 3.8) is 0 Å². The Morgan fingerprint density at radius 3 is 1.31 bits per heavy atom. The van der Waals surface area contributed by atoms with E-state index in [1.54, 1.807) is 0 Å². The topological polar surface area (TPSA) is 4.93 Å². The highest BCUT2D eigenvalue weighted by molar-refractivity contribution is 6.99. The summed E-state index contributed by atoms with van der Waals surface area (Å²) in [6, 6.07) is 72.3. The second-order valence-electron chi connectivity index (χ2n) is 21.7. The summed E-state index contributed by atoms with van der Waals surface area (Å²) in [5.74, 6) is 0. The molecule has 0 fully saturated rings. The predicted octanol–water partition coefficient (Wildman–Crippen LogP) is 16.4. The quantitative estimate of drug-likeness (QED) is 0.140. The molecular weight excluding hydrogens is 866 g/mol. The molecule has 2 aliphatic rings. The maximum Gasteiger partial charge on any atom is 0.248 e. The van der Waals surface area contributed by atoms with Gasteiger partial charge >= 0.3 is 0 Å². The molecule has 11 aromatic rings. The van der Waals surface area contributed by atoms with Gasteiger partial charge in [0.15, 0.2) is 0 Å². The van der Waals surface area contributed by atoms with E-state index in [0.29, 0.717) is 0 Å². The van der Waals surface area contributed by atoms with Crippen LogP contribution in [-0.2, 0) is 5.41 Å². The van der Waals surface area contributed by atoms with Gasteiger partial charge in [0, 0.05) is 27.4 Å². The second-order valence-corrected chi connectivity index (χ2v) is 21.7. The van der Waals surface area contributed by atoms with Crippen LogP contribution in [0.15, 0.2) is 188 Å². The molecule has 13 rings (SSSR count). The minimum absolute atomic E-state index is 0.150. The molecular formula is C70H58BN. The Kier molecular flexibility index (Phi) is 9.97. The van der Waals surface area contributed by atoms with Gasteiger partial charge in [-0.15, -0.1) is 0 Å². The third-order valence-corrected chi connectivity index (χ3v) is 16.4. The van der Waals surface area contributed by atoms with Crippen LogP contribution < -0.4 is 16.4 Å². The number of fused-ring (bicyclic) bond motifs is 1. The van der Waals surface area contributed by atoms with Gasteiger partial charge < -0.3 is 4.57 Å². The Morgan fingerprint density at radius 1 is 0.347 bits per heavy atom. The van der Waals surface area contributed by atoms with E-state index in [1.165, 1.54) is 161 Å². The molecule has 10 aromatic carbocycles. The van der Waals surface area contributed by atoms with Crippen molar-refractivity contribution in [2.45, 2.75) is 67.7 Å². The number of aromatic nitrogens is 1. The lowest BCUT2D eigenvalue weighted by atomic mass is 9.33. The third kappa shape index (κ3) is 6.68. The molecule has 1 nitrogen and oxygen atoms in total. The Morgan fingerprint density at radius 2 is 0.778 bits per heavy atom. The molecule has 2 aliphatic heterocycles. The van der Waals surface area contributed by atoms with E-state index < -0.39 is 0 Å². The van der Waals surface area contributed by atoms with E-state index >= 15 is 0 Å². The highest BCUT2D eigenvalue weighted by Gasteiger charge is 2.45. The summed E-state index contributed by atoms with van der Waals surface area (Å²) in [5.41, 5.74) is 34.5. The molecule has 0 radical (unpaired) electrons. The van der Waals surface area contributed by atoms with E-state index in [0.717, 1.165) is 0 Å². The Bertz CT molecular complexity index is 3930. The second kappa shape index (κ2) is 16.3. The SMILES string of the molecule is Cc1ccc(-c2cc3c4c(c2)C(C)(C)c2cc(-c5c(C)cc(C)cc5C)cc5c6cc(-c7c(C)cc(C)cc7C)cc(c6n-4c25)B3c2c(-c3ccccc3)cc(-c3ccccc3)cc2-c2ccccc2)cc1. The summed E-state index contributed by atoms with van der Waals surface area (Å²) in [7, 11) is 0. The summed E-state index contributed by atoms with van der Waals surface area (Å²) in [5, 5.41) is 2.63. The molecule has 0 atom stereocenters. The van der Waals surface area contributed by atoms with E-state index in [1.807, 2.05) is 0 Å². The van der Waals surface area contributed by atoms with Crippen molar-refractivity contribution in [2.24, 2.45) is 0 Å². The monoisotopic (exact) mass is 923 g/mol. The molecule has 346 valence electrons. The molecule has 72 heavy (non-hydrogen) atoms. The lowest BCUT2D eigenvalue weighted by molar-refractivity contribution is 0.631. The predicted molar refractivity (Wildman–Crippen MR) is 310 cm³/mol. The summed E-state index contributed by atoms with van der Waals surface area (Å²) in [6.07, 6.45) is 0. The fraction of sp³-hybridized carbons (Fsp3) is 0.143. The fourth-order valence-electron chi connectivity index (χ4n) is 13.4. The smallest absolute Gasteiger partial charge is 0.248 e. The van der Waals surface area contributed by atoms with Crippen molar-refractivity contribution >= 4 is 44.9 Å². The Balaban J connectivity index is 1.27. The minimum Gasteiger partial charge on any atom is -0.310 e. The zero-order chi connectivity index (χ0) is 49.3. The van der Waals surface area contributed by atoms with Crippen molar-refractivity contribution in [1.82, 2.24) is 4.57 Å². The highest BCUT2D eigenvalue weighted by atomic mass is 15.0. The van der Waals surface area contributed by atoms with Crippen molar-refractivity contribution in [3.8, 4) is 72.4 Å². The van der Waals surface area contributed by atoms with Crippen LogP contribution in [0.3, 0.4) is 0 Å². The van der Waals surface area contributed by atoms with Gasteiger partial charge in [-0.1, -0.05) is 188 Å². The molecule has 0 bridgehead atoms. The highest BCUT2D eigenvalue weighted by Crippen LogP contribution is 2.52. The molecule has 0 saturated carbocycles. The molecule has 0 aliphatic carbocycles. The van der Waals surface area contributed by atoms with Gasteiger partial charge in [0.1, 0.15) is 0 Å². The van der Waals surface area contributed by atoms with E-state index in [-0.39, 0.29) is 12.1 Å². The zero-order valence-electron chi connectivity index (χ0n) is 42.9. The van der Waals surface area contributed by atoms with Gasteiger partial charge in [-0.05, 0) is 196 Å². The first-order valence-electron chi connectivity index (χ1n) is 25.8. The number of aryl methyl sites for hydroxylation is 7. The lowest BCUT2D eigenvalue weighted by Gasteiger charge is -2.40. The van der Waals surface area contributed by atoms with Crippen LogP contribution in [-0.4, -0.2) is 11.3 Å². The molecule has 0 unspecified atom stereocenters. The Hall–Kier alpha value is -7.94. The van der Waals surface area contributed by atoms with E-state index in [2.05, 4.69) is 255 Å². The molecule has 3 heterocycles. The van der Waals surface area contributed by atoms with E-state index in [4.69, 9.17) is 0 Å².